The molecule has 1 atom stereocenters. The van der Waals surface area contributed by atoms with E-state index in [1.54, 1.807) is 11.8 Å². The standard InChI is InChI=1S/C9H15N7S2/c10-5-14-7(11)1-2-17-3-6-4-18-9(15-6)16-8(12)13/h4,7,14H,1-3,11H2,(H4,12,13,15,16). The van der Waals surface area contributed by atoms with Crippen molar-refractivity contribution in [3.05, 3.63) is 11.1 Å². The van der Waals surface area contributed by atoms with Crippen molar-refractivity contribution in [2.75, 3.05) is 5.75 Å². The number of thioether (sulfide) groups is 1. The van der Waals surface area contributed by atoms with Crippen molar-refractivity contribution in [1.29, 1.82) is 5.26 Å². The highest BCUT2D eigenvalue weighted by Crippen LogP contribution is 2.21. The van der Waals surface area contributed by atoms with Gasteiger partial charge in [0.2, 0.25) is 5.13 Å². The van der Waals surface area contributed by atoms with Gasteiger partial charge in [-0.2, -0.15) is 22.0 Å². The molecule has 0 amide bonds. The molecule has 0 aliphatic heterocycles. The van der Waals surface area contributed by atoms with E-state index in [-0.39, 0.29) is 12.1 Å². The molecule has 7 N–H and O–H groups in total. The summed E-state index contributed by atoms with van der Waals surface area (Å²) in [4.78, 5) is 8.12. The number of nitrogens with zero attached hydrogens (tertiary/aromatic N) is 3. The van der Waals surface area contributed by atoms with Gasteiger partial charge in [-0.05, 0) is 12.2 Å². The van der Waals surface area contributed by atoms with E-state index in [1.165, 1.54) is 11.3 Å². The zero-order valence-electron chi connectivity index (χ0n) is 9.67. The van der Waals surface area contributed by atoms with Crippen molar-refractivity contribution in [1.82, 2.24) is 10.3 Å². The van der Waals surface area contributed by atoms with E-state index < -0.39 is 0 Å². The van der Waals surface area contributed by atoms with Crippen LogP contribution in [0, 0.1) is 11.5 Å². The smallest absolute Gasteiger partial charge is 0.212 e. The van der Waals surface area contributed by atoms with Crippen LogP contribution in [-0.4, -0.2) is 22.9 Å². The van der Waals surface area contributed by atoms with Gasteiger partial charge in [0, 0.05) is 11.1 Å². The van der Waals surface area contributed by atoms with Gasteiger partial charge in [-0.25, -0.2) is 4.98 Å². The van der Waals surface area contributed by atoms with Crippen molar-refractivity contribution in [2.45, 2.75) is 18.3 Å². The molecule has 0 bridgehead atoms. The number of guanidine groups is 1. The lowest BCUT2D eigenvalue weighted by molar-refractivity contribution is 0.604. The third-order valence-electron chi connectivity index (χ3n) is 1.84. The Morgan fingerprint density at radius 3 is 3.11 bits per heavy atom. The minimum atomic E-state index is -0.282. The number of nitriles is 1. The van der Waals surface area contributed by atoms with Crippen LogP contribution < -0.4 is 22.5 Å². The van der Waals surface area contributed by atoms with Gasteiger partial charge >= 0.3 is 0 Å². The zero-order valence-corrected chi connectivity index (χ0v) is 11.3. The molecular weight excluding hydrogens is 270 g/mol. The largest absolute Gasteiger partial charge is 0.370 e. The first-order valence-electron chi connectivity index (χ1n) is 5.14. The Kier molecular flexibility index (Phi) is 6.27. The lowest BCUT2D eigenvalue weighted by Crippen LogP contribution is -2.34. The first kappa shape index (κ1) is 14.6. The van der Waals surface area contributed by atoms with E-state index in [1.807, 2.05) is 11.6 Å². The quantitative estimate of drug-likeness (QED) is 0.138. The minimum Gasteiger partial charge on any atom is -0.370 e. The van der Waals surface area contributed by atoms with Crippen LogP contribution in [0.25, 0.3) is 0 Å². The third kappa shape index (κ3) is 5.72. The second kappa shape index (κ2) is 7.75. The van der Waals surface area contributed by atoms with E-state index in [4.69, 9.17) is 22.5 Å². The molecule has 1 rings (SSSR count). The molecule has 0 saturated heterocycles. The number of rotatable bonds is 7. The average Bonchev–Trinajstić information content (AvgIpc) is 2.71. The highest BCUT2D eigenvalue weighted by Gasteiger charge is 2.03. The van der Waals surface area contributed by atoms with E-state index in [0.717, 1.165) is 23.6 Å². The van der Waals surface area contributed by atoms with Crippen LogP contribution in [-0.2, 0) is 5.75 Å². The van der Waals surface area contributed by atoms with Gasteiger partial charge in [-0.3, -0.25) is 0 Å². The number of aromatic nitrogens is 1. The van der Waals surface area contributed by atoms with Crippen molar-refractivity contribution in [3.63, 3.8) is 0 Å². The first-order chi connectivity index (χ1) is 8.61. The average molecular weight is 285 g/mol. The van der Waals surface area contributed by atoms with E-state index >= 15 is 0 Å². The molecule has 0 aliphatic rings. The summed E-state index contributed by atoms with van der Waals surface area (Å²) in [5.41, 5.74) is 17.1. The van der Waals surface area contributed by atoms with Gasteiger partial charge in [0.25, 0.3) is 0 Å². The van der Waals surface area contributed by atoms with Crippen LogP contribution in [0.4, 0.5) is 5.13 Å². The van der Waals surface area contributed by atoms with E-state index in [9.17, 15) is 0 Å². The van der Waals surface area contributed by atoms with E-state index in [2.05, 4.69) is 15.3 Å². The summed E-state index contributed by atoms with van der Waals surface area (Å²) in [5.74, 6) is 1.64. The molecule has 1 unspecified atom stereocenters. The molecule has 98 valence electrons. The SMILES string of the molecule is N#CNC(N)CCSCc1csc(N=C(N)N)n1. The Morgan fingerprint density at radius 1 is 1.67 bits per heavy atom. The van der Waals surface area contributed by atoms with E-state index in [0.29, 0.717) is 5.13 Å². The molecule has 1 aromatic rings. The van der Waals surface area contributed by atoms with Gasteiger partial charge < -0.3 is 22.5 Å². The topological polar surface area (TPSA) is 139 Å². The molecule has 18 heavy (non-hydrogen) atoms. The Bertz CT molecular complexity index is 432. The number of nitrogens with one attached hydrogen (secondary N) is 1. The van der Waals surface area contributed by atoms with Crippen LogP contribution in [0.2, 0.25) is 0 Å². The molecule has 9 heteroatoms. The molecule has 0 spiro atoms. The normalized spacial score (nSPS) is 11.6. The summed E-state index contributed by atoms with van der Waals surface area (Å²) in [6.07, 6.45) is 2.26. The van der Waals surface area contributed by atoms with Crippen molar-refractivity contribution < 1.29 is 0 Å². The zero-order chi connectivity index (χ0) is 13.4. The number of thiazole rings is 1. The highest BCUT2D eigenvalue weighted by atomic mass is 32.2. The van der Waals surface area contributed by atoms with Crippen molar-refractivity contribution >= 4 is 34.2 Å². The predicted molar refractivity (Wildman–Crippen MR) is 75.1 cm³/mol. The molecule has 0 radical (unpaired) electrons. The van der Waals surface area contributed by atoms with Crippen molar-refractivity contribution in [2.24, 2.45) is 22.2 Å². The van der Waals surface area contributed by atoms with Crippen LogP contribution in [0.1, 0.15) is 12.1 Å². The second-order valence-corrected chi connectivity index (χ2v) is 5.30. The lowest BCUT2D eigenvalue weighted by atomic mass is 10.4. The summed E-state index contributed by atoms with van der Waals surface area (Å²) in [5, 5.41) is 13.3. The maximum absolute atomic E-state index is 8.36. The molecule has 7 nitrogen and oxygen atoms in total. The van der Waals surface area contributed by atoms with Crippen LogP contribution in [0.3, 0.4) is 0 Å². The predicted octanol–water partition coefficient (Wildman–Crippen LogP) is 0.0268. The molecule has 0 fully saturated rings. The molecule has 0 aliphatic carbocycles. The summed E-state index contributed by atoms with van der Waals surface area (Å²) >= 11 is 3.09. The number of aliphatic imine (C=N–C) groups is 1. The fourth-order valence-electron chi connectivity index (χ4n) is 1.07. The Labute approximate surface area is 113 Å². The third-order valence-corrected chi connectivity index (χ3v) is 3.65. The van der Waals surface area contributed by atoms with Crippen LogP contribution in [0.5, 0.6) is 0 Å². The maximum atomic E-state index is 8.36. The number of nitrogens with two attached hydrogens (primary N) is 3. The molecule has 0 aromatic carbocycles. The number of hydrogen-bond donors (Lipinski definition) is 4. The van der Waals surface area contributed by atoms with Gasteiger partial charge in [0.15, 0.2) is 12.2 Å². The first-order valence-corrected chi connectivity index (χ1v) is 7.17. The van der Waals surface area contributed by atoms with Gasteiger partial charge in [0.05, 0.1) is 11.9 Å². The monoisotopic (exact) mass is 285 g/mol. The lowest BCUT2D eigenvalue weighted by Gasteiger charge is -2.07. The Morgan fingerprint density at radius 2 is 2.44 bits per heavy atom. The molecular formula is C9H15N7S2. The Hall–Kier alpha value is -1.50. The minimum absolute atomic E-state index is 0.0112. The maximum Gasteiger partial charge on any atom is 0.212 e. The fourth-order valence-corrected chi connectivity index (χ4v) is 2.80. The Balaban J connectivity index is 2.26. The molecule has 1 aromatic heterocycles. The summed E-state index contributed by atoms with van der Waals surface area (Å²) in [6, 6.07) is 0. The summed E-state index contributed by atoms with van der Waals surface area (Å²) < 4.78 is 0. The molecule has 1 heterocycles. The van der Waals surface area contributed by atoms with Crippen LogP contribution in [0.15, 0.2) is 10.4 Å². The van der Waals surface area contributed by atoms with Crippen molar-refractivity contribution in [3.8, 4) is 6.19 Å². The van der Waals surface area contributed by atoms with Gasteiger partial charge in [0.1, 0.15) is 0 Å². The van der Waals surface area contributed by atoms with Gasteiger partial charge in [-0.15, -0.1) is 11.3 Å². The second-order valence-electron chi connectivity index (χ2n) is 3.36. The highest BCUT2D eigenvalue weighted by molar-refractivity contribution is 7.98. The number of hydrogen-bond acceptors (Lipinski definition) is 7. The fraction of sp³-hybridized carbons (Fsp3) is 0.444. The summed E-state index contributed by atoms with van der Waals surface area (Å²) in [7, 11) is 0. The molecule has 0 saturated carbocycles. The van der Waals surface area contributed by atoms with Gasteiger partial charge in [-0.1, -0.05) is 0 Å². The summed E-state index contributed by atoms with van der Waals surface area (Å²) in [6.45, 7) is 0. The van der Waals surface area contributed by atoms with Crippen LogP contribution >= 0.6 is 23.1 Å².